The van der Waals surface area contributed by atoms with Crippen LogP contribution in [0.25, 0.3) is 5.69 Å². The third kappa shape index (κ3) is 2.24. The van der Waals surface area contributed by atoms with E-state index in [2.05, 4.69) is 17.2 Å². The van der Waals surface area contributed by atoms with Gasteiger partial charge in [0.25, 0.3) is 0 Å². The molecule has 1 saturated carbocycles. The van der Waals surface area contributed by atoms with Crippen LogP contribution in [-0.4, -0.2) is 9.78 Å². The van der Waals surface area contributed by atoms with Crippen molar-refractivity contribution in [1.29, 1.82) is 0 Å². The zero-order valence-electron chi connectivity index (χ0n) is 9.79. The Labute approximate surface area is 101 Å². The van der Waals surface area contributed by atoms with Gasteiger partial charge in [-0.2, -0.15) is 5.10 Å². The van der Waals surface area contributed by atoms with Crippen molar-refractivity contribution >= 4 is 0 Å². The fourth-order valence-corrected chi connectivity index (χ4v) is 2.21. The van der Waals surface area contributed by atoms with Gasteiger partial charge >= 0.3 is 0 Å². The molecule has 1 aliphatic rings. The number of rotatable bonds is 4. The third-order valence-electron chi connectivity index (χ3n) is 3.34. The minimum absolute atomic E-state index is 0.102. The lowest BCUT2D eigenvalue weighted by Gasteiger charge is -2.13. The summed E-state index contributed by atoms with van der Waals surface area (Å²) in [5.74, 6) is 0.837. The molecular formula is C14H17N3. The summed E-state index contributed by atoms with van der Waals surface area (Å²) in [5, 5.41) is 4.37. The number of benzene rings is 1. The van der Waals surface area contributed by atoms with Crippen molar-refractivity contribution < 1.29 is 0 Å². The zero-order valence-corrected chi connectivity index (χ0v) is 9.79. The molecule has 17 heavy (non-hydrogen) atoms. The molecule has 0 radical (unpaired) electrons. The van der Waals surface area contributed by atoms with E-state index < -0.39 is 0 Å². The Morgan fingerprint density at radius 2 is 2.00 bits per heavy atom. The molecule has 1 atom stereocenters. The highest BCUT2D eigenvalue weighted by Crippen LogP contribution is 2.36. The lowest BCUT2D eigenvalue weighted by atomic mass is 10.1. The van der Waals surface area contributed by atoms with Crippen LogP contribution in [-0.2, 0) is 0 Å². The second-order valence-electron chi connectivity index (χ2n) is 4.79. The van der Waals surface area contributed by atoms with Gasteiger partial charge in [-0.05, 0) is 30.5 Å². The fraction of sp³-hybridized carbons (Fsp3) is 0.357. The number of hydrogen-bond donors (Lipinski definition) is 1. The predicted molar refractivity (Wildman–Crippen MR) is 67.8 cm³/mol. The lowest BCUT2D eigenvalue weighted by molar-refractivity contribution is 0.565. The summed E-state index contributed by atoms with van der Waals surface area (Å²) in [7, 11) is 0. The van der Waals surface area contributed by atoms with Crippen molar-refractivity contribution in [3.63, 3.8) is 0 Å². The second-order valence-corrected chi connectivity index (χ2v) is 4.79. The van der Waals surface area contributed by atoms with E-state index in [1.54, 1.807) is 0 Å². The predicted octanol–water partition coefficient (Wildman–Crippen LogP) is 2.67. The van der Waals surface area contributed by atoms with Crippen molar-refractivity contribution in [3.05, 3.63) is 48.3 Å². The van der Waals surface area contributed by atoms with Gasteiger partial charge in [-0.15, -0.1) is 0 Å². The van der Waals surface area contributed by atoms with Gasteiger partial charge in [-0.3, -0.25) is 0 Å². The van der Waals surface area contributed by atoms with Crippen molar-refractivity contribution in [2.24, 2.45) is 11.7 Å². The number of hydrogen-bond acceptors (Lipinski definition) is 2. The van der Waals surface area contributed by atoms with Gasteiger partial charge in [0.05, 0.1) is 11.4 Å². The van der Waals surface area contributed by atoms with E-state index in [1.807, 2.05) is 35.1 Å². The second kappa shape index (κ2) is 4.34. The summed E-state index contributed by atoms with van der Waals surface area (Å²) in [6, 6.07) is 12.3. The monoisotopic (exact) mass is 227 g/mol. The number of nitrogens with two attached hydrogens (primary N) is 1. The molecule has 1 aromatic heterocycles. The van der Waals surface area contributed by atoms with E-state index >= 15 is 0 Å². The van der Waals surface area contributed by atoms with E-state index in [9.17, 15) is 0 Å². The SMILES string of the molecule is NC(CC1CC1)c1ccnn1-c1ccccc1. The molecule has 3 heteroatoms. The Morgan fingerprint density at radius 1 is 1.24 bits per heavy atom. The van der Waals surface area contributed by atoms with Gasteiger partial charge in [0, 0.05) is 12.2 Å². The summed E-state index contributed by atoms with van der Waals surface area (Å²) >= 11 is 0. The first-order chi connectivity index (χ1) is 8.34. The molecule has 0 bridgehead atoms. The maximum absolute atomic E-state index is 6.26. The van der Waals surface area contributed by atoms with Crippen molar-refractivity contribution in [2.75, 3.05) is 0 Å². The summed E-state index contributed by atoms with van der Waals surface area (Å²) < 4.78 is 1.95. The molecule has 1 aromatic carbocycles. The summed E-state index contributed by atoms with van der Waals surface area (Å²) in [5.41, 5.74) is 8.45. The average molecular weight is 227 g/mol. The molecule has 2 aromatic rings. The van der Waals surface area contributed by atoms with Crippen LogP contribution in [0.5, 0.6) is 0 Å². The molecule has 3 rings (SSSR count). The van der Waals surface area contributed by atoms with Crippen LogP contribution < -0.4 is 5.73 Å². The summed E-state index contributed by atoms with van der Waals surface area (Å²) in [6.07, 6.45) is 5.59. The molecule has 0 spiro atoms. The van der Waals surface area contributed by atoms with Crippen LogP contribution in [0.2, 0.25) is 0 Å². The van der Waals surface area contributed by atoms with Gasteiger partial charge < -0.3 is 5.73 Å². The maximum atomic E-state index is 6.26. The average Bonchev–Trinajstić information content (AvgIpc) is 3.04. The van der Waals surface area contributed by atoms with Crippen LogP contribution in [0.15, 0.2) is 42.6 Å². The molecule has 2 N–H and O–H groups in total. The molecule has 0 amide bonds. The molecule has 1 heterocycles. The standard InChI is InChI=1S/C14H17N3/c15-13(10-11-6-7-11)14-8-9-16-17(14)12-4-2-1-3-5-12/h1-5,8-9,11,13H,6-7,10,15H2. The normalized spacial score (nSPS) is 17.0. The highest BCUT2D eigenvalue weighted by molar-refractivity contribution is 5.33. The molecule has 0 aliphatic heterocycles. The minimum Gasteiger partial charge on any atom is -0.323 e. The molecule has 1 aliphatic carbocycles. The molecule has 1 unspecified atom stereocenters. The summed E-state index contributed by atoms with van der Waals surface area (Å²) in [6.45, 7) is 0. The number of aromatic nitrogens is 2. The van der Waals surface area contributed by atoms with Gasteiger partial charge in [-0.25, -0.2) is 4.68 Å². The molecule has 3 nitrogen and oxygen atoms in total. The zero-order chi connectivity index (χ0) is 11.7. The van der Waals surface area contributed by atoms with Crippen LogP contribution in [0.1, 0.15) is 31.0 Å². The molecule has 0 saturated heterocycles. The minimum atomic E-state index is 0.102. The lowest BCUT2D eigenvalue weighted by Crippen LogP contribution is -2.16. The Hall–Kier alpha value is -1.61. The van der Waals surface area contributed by atoms with Gasteiger partial charge in [0.15, 0.2) is 0 Å². The van der Waals surface area contributed by atoms with Gasteiger partial charge in [-0.1, -0.05) is 31.0 Å². The van der Waals surface area contributed by atoms with Crippen LogP contribution in [0, 0.1) is 5.92 Å². The molecular weight excluding hydrogens is 210 g/mol. The van der Waals surface area contributed by atoms with E-state index in [-0.39, 0.29) is 6.04 Å². The number of nitrogens with zero attached hydrogens (tertiary/aromatic N) is 2. The Morgan fingerprint density at radius 3 is 2.71 bits per heavy atom. The van der Waals surface area contributed by atoms with E-state index in [0.717, 1.165) is 23.7 Å². The van der Waals surface area contributed by atoms with Crippen molar-refractivity contribution in [1.82, 2.24) is 9.78 Å². The largest absolute Gasteiger partial charge is 0.323 e. The quantitative estimate of drug-likeness (QED) is 0.872. The molecule has 1 fully saturated rings. The van der Waals surface area contributed by atoms with E-state index in [1.165, 1.54) is 12.8 Å². The first kappa shape index (κ1) is 10.5. The number of para-hydroxylation sites is 1. The maximum Gasteiger partial charge on any atom is 0.0649 e. The first-order valence-electron chi connectivity index (χ1n) is 6.19. The first-order valence-corrected chi connectivity index (χ1v) is 6.19. The van der Waals surface area contributed by atoms with Gasteiger partial charge in [0.1, 0.15) is 0 Å². The Kier molecular flexibility index (Phi) is 2.69. The van der Waals surface area contributed by atoms with Crippen molar-refractivity contribution in [3.8, 4) is 5.69 Å². The fourth-order valence-electron chi connectivity index (χ4n) is 2.21. The van der Waals surface area contributed by atoms with Crippen LogP contribution in [0.4, 0.5) is 0 Å². The van der Waals surface area contributed by atoms with Crippen LogP contribution in [0.3, 0.4) is 0 Å². The smallest absolute Gasteiger partial charge is 0.0649 e. The highest BCUT2D eigenvalue weighted by Gasteiger charge is 2.25. The van der Waals surface area contributed by atoms with Crippen molar-refractivity contribution in [2.45, 2.75) is 25.3 Å². The summed E-state index contributed by atoms with van der Waals surface area (Å²) in [4.78, 5) is 0. The Balaban J connectivity index is 1.88. The van der Waals surface area contributed by atoms with Gasteiger partial charge in [0.2, 0.25) is 0 Å². The highest BCUT2D eigenvalue weighted by atomic mass is 15.3. The third-order valence-corrected chi connectivity index (χ3v) is 3.34. The Bertz CT molecular complexity index is 485. The topological polar surface area (TPSA) is 43.8 Å². The molecule has 88 valence electrons. The van der Waals surface area contributed by atoms with E-state index in [4.69, 9.17) is 5.73 Å². The van der Waals surface area contributed by atoms with Crippen LogP contribution >= 0.6 is 0 Å². The van der Waals surface area contributed by atoms with E-state index in [0.29, 0.717) is 0 Å².